The summed E-state index contributed by atoms with van der Waals surface area (Å²) < 4.78 is 5.95. The van der Waals surface area contributed by atoms with E-state index in [9.17, 15) is 5.11 Å². The molecule has 0 aliphatic rings. The van der Waals surface area contributed by atoms with Crippen LogP contribution in [0, 0.1) is 11.8 Å². The van der Waals surface area contributed by atoms with Gasteiger partial charge in [0.2, 0.25) is 0 Å². The second-order valence-corrected chi connectivity index (χ2v) is 5.52. The van der Waals surface area contributed by atoms with Gasteiger partial charge in [0.25, 0.3) is 0 Å². The van der Waals surface area contributed by atoms with Crippen molar-refractivity contribution >= 4 is 0 Å². The van der Waals surface area contributed by atoms with Crippen LogP contribution in [0.3, 0.4) is 0 Å². The Hall–Kier alpha value is -0.340. The number of aliphatic hydroxyl groups is 1. The van der Waals surface area contributed by atoms with Crippen LogP contribution >= 0.6 is 0 Å². The maximum atomic E-state index is 9.29. The highest BCUT2D eigenvalue weighted by atomic mass is 16.5. The minimum Gasteiger partial charge on any atom is -0.396 e. The van der Waals surface area contributed by atoms with Crippen molar-refractivity contribution in [1.29, 1.82) is 0 Å². The van der Waals surface area contributed by atoms with Crippen LogP contribution in [0.1, 0.15) is 59.3 Å². The van der Waals surface area contributed by atoms with Gasteiger partial charge in [-0.05, 0) is 18.8 Å². The van der Waals surface area contributed by atoms with E-state index in [1.54, 1.807) is 0 Å². The lowest BCUT2D eigenvalue weighted by Crippen LogP contribution is -2.24. The third-order valence-electron chi connectivity index (χ3n) is 3.53. The van der Waals surface area contributed by atoms with Crippen LogP contribution in [0.15, 0.2) is 12.7 Å². The molecule has 2 heteroatoms. The topological polar surface area (TPSA) is 29.5 Å². The fourth-order valence-corrected chi connectivity index (χ4v) is 1.97. The van der Waals surface area contributed by atoms with E-state index in [0.717, 1.165) is 12.8 Å². The molecule has 0 saturated heterocycles. The van der Waals surface area contributed by atoms with Crippen LogP contribution in [-0.2, 0) is 4.74 Å². The van der Waals surface area contributed by atoms with Crippen molar-refractivity contribution < 1.29 is 9.84 Å². The van der Waals surface area contributed by atoms with E-state index in [4.69, 9.17) is 4.74 Å². The maximum absolute atomic E-state index is 9.29. The average molecular weight is 256 g/mol. The van der Waals surface area contributed by atoms with E-state index in [1.807, 2.05) is 6.08 Å². The summed E-state index contributed by atoms with van der Waals surface area (Å²) >= 11 is 0. The second-order valence-electron chi connectivity index (χ2n) is 5.52. The SMILES string of the molecule is C=CC[C@H](CCCCCC)OC[C@@H](CO)C(C)C. The lowest BCUT2D eigenvalue weighted by molar-refractivity contribution is -0.000524. The second kappa shape index (κ2) is 11.7. The molecule has 0 rings (SSSR count). The molecule has 0 heterocycles. The highest BCUT2D eigenvalue weighted by Gasteiger charge is 2.15. The average Bonchev–Trinajstić information content (AvgIpc) is 2.34. The van der Waals surface area contributed by atoms with E-state index in [2.05, 4.69) is 27.4 Å². The summed E-state index contributed by atoms with van der Waals surface area (Å²) in [6, 6.07) is 0. The summed E-state index contributed by atoms with van der Waals surface area (Å²) in [5, 5.41) is 9.29. The molecule has 18 heavy (non-hydrogen) atoms. The minimum absolute atomic E-state index is 0.217. The van der Waals surface area contributed by atoms with Crippen molar-refractivity contribution in [1.82, 2.24) is 0 Å². The Balaban J connectivity index is 3.90. The Kier molecular flexibility index (Phi) is 11.5. The zero-order valence-electron chi connectivity index (χ0n) is 12.5. The third-order valence-corrected chi connectivity index (χ3v) is 3.53. The van der Waals surface area contributed by atoms with Gasteiger partial charge in [-0.1, -0.05) is 52.5 Å². The quantitative estimate of drug-likeness (QED) is 0.419. The molecule has 0 aromatic carbocycles. The predicted octanol–water partition coefficient (Wildman–Crippen LogP) is 4.18. The van der Waals surface area contributed by atoms with E-state index >= 15 is 0 Å². The molecule has 1 N–H and O–H groups in total. The van der Waals surface area contributed by atoms with Crippen molar-refractivity contribution in [2.45, 2.75) is 65.4 Å². The van der Waals surface area contributed by atoms with Crippen LogP contribution in [0.4, 0.5) is 0 Å². The molecule has 0 spiro atoms. The van der Waals surface area contributed by atoms with Gasteiger partial charge < -0.3 is 9.84 Å². The van der Waals surface area contributed by atoms with Gasteiger partial charge in [-0.3, -0.25) is 0 Å². The van der Waals surface area contributed by atoms with Crippen molar-refractivity contribution in [3.63, 3.8) is 0 Å². The first-order valence-corrected chi connectivity index (χ1v) is 7.49. The fraction of sp³-hybridized carbons (Fsp3) is 0.875. The normalized spacial score (nSPS) is 14.7. The van der Waals surface area contributed by atoms with Crippen LogP contribution in [0.5, 0.6) is 0 Å². The van der Waals surface area contributed by atoms with Crippen LogP contribution in [0.2, 0.25) is 0 Å². The van der Waals surface area contributed by atoms with E-state index in [-0.39, 0.29) is 18.6 Å². The lowest BCUT2D eigenvalue weighted by Gasteiger charge is -2.22. The van der Waals surface area contributed by atoms with E-state index in [1.165, 1.54) is 25.7 Å². The molecule has 108 valence electrons. The molecule has 0 aliphatic heterocycles. The van der Waals surface area contributed by atoms with Crippen molar-refractivity contribution in [2.24, 2.45) is 11.8 Å². The monoisotopic (exact) mass is 256 g/mol. The summed E-state index contributed by atoms with van der Waals surface area (Å²) in [4.78, 5) is 0. The number of hydrogen-bond acceptors (Lipinski definition) is 2. The first kappa shape index (κ1) is 17.7. The molecule has 0 amide bonds. The Labute approximate surface area is 113 Å². The van der Waals surface area contributed by atoms with Gasteiger partial charge in [0, 0.05) is 12.5 Å². The van der Waals surface area contributed by atoms with Gasteiger partial charge in [-0.15, -0.1) is 6.58 Å². The number of aliphatic hydroxyl groups excluding tert-OH is 1. The van der Waals surface area contributed by atoms with Crippen LogP contribution in [-0.4, -0.2) is 24.4 Å². The zero-order chi connectivity index (χ0) is 13.8. The Morgan fingerprint density at radius 3 is 2.44 bits per heavy atom. The Morgan fingerprint density at radius 2 is 1.94 bits per heavy atom. The van der Waals surface area contributed by atoms with Gasteiger partial charge in [0.05, 0.1) is 12.7 Å². The molecule has 2 nitrogen and oxygen atoms in total. The number of ether oxygens (including phenoxy) is 1. The highest BCUT2D eigenvalue weighted by Crippen LogP contribution is 2.16. The number of hydrogen-bond donors (Lipinski definition) is 1. The largest absolute Gasteiger partial charge is 0.396 e. The van der Waals surface area contributed by atoms with Crippen molar-refractivity contribution in [2.75, 3.05) is 13.2 Å². The fourth-order valence-electron chi connectivity index (χ4n) is 1.97. The number of rotatable bonds is 12. The van der Waals surface area contributed by atoms with Gasteiger partial charge in [-0.25, -0.2) is 0 Å². The van der Waals surface area contributed by atoms with Crippen LogP contribution < -0.4 is 0 Å². The van der Waals surface area contributed by atoms with Gasteiger partial charge in [0.15, 0.2) is 0 Å². The number of unbranched alkanes of at least 4 members (excludes halogenated alkanes) is 3. The molecule has 0 aliphatic carbocycles. The Bertz CT molecular complexity index is 190. The van der Waals surface area contributed by atoms with Gasteiger partial charge >= 0.3 is 0 Å². The summed E-state index contributed by atoms with van der Waals surface area (Å²) in [5.41, 5.74) is 0. The molecular formula is C16H32O2. The van der Waals surface area contributed by atoms with Gasteiger partial charge in [-0.2, -0.15) is 0 Å². The minimum atomic E-state index is 0.217. The maximum Gasteiger partial charge on any atom is 0.0609 e. The summed E-state index contributed by atoms with van der Waals surface area (Å²) in [5.74, 6) is 0.729. The molecular weight excluding hydrogens is 224 g/mol. The summed E-state index contributed by atoms with van der Waals surface area (Å²) in [6.45, 7) is 11.2. The highest BCUT2D eigenvalue weighted by molar-refractivity contribution is 4.74. The first-order valence-electron chi connectivity index (χ1n) is 7.49. The van der Waals surface area contributed by atoms with E-state index in [0.29, 0.717) is 12.5 Å². The summed E-state index contributed by atoms with van der Waals surface area (Å²) in [6.07, 6.45) is 9.36. The smallest absolute Gasteiger partial charge is 0.0609 e. The van der Waals surface area contributed by atoms with Crippen molar-refractivity contribution in [3.8, 4) is 0 Å². The third kappa shape index (κ3) is 8.71. The first-order chi connectivity index (χ1) is 8.65. The summed E-state index contributed by atoms with van der Waals surface area (Å²) in [7, 11) is 0. The molecule has 0 saturated carbocycles. The molecule has 0 fully saturated rings. The molecule has 0 radical (unpaired) electrons. The van der Waals surface area contributed by atoms with E-state index < -0.39 is 0 Å². The molecule has 0 bridgehead atoms. The molecule has 0 unspecified atom stereocenters. The Morgan fingerprint density at radius 1 is 1.22 bits per heavy atom. The van der Waals surface area contributed by atoms with Crippen LogP contribution in [0.25, 0.3) is 0 Å². The molecule has 0 aromatic heterocycles. The molecule has 0 aromatic rings. The lowest BCUT2D eigenvalue weighted by atomic mass is 9.98. The molecule has 2 atom stereocenters. The standard InChI is InChI=1S/C16H32O2/c1-5-7-8-9-11-16(10-6-2)18-13-15(12-17)14(3)4/h6,14-17H,2,5,7-13H2,1,3-4H3/t15-,16-/m1/s1. The predicted molar refractivity (Wildman–Crippen MR) is 78.7 cm³/mol. The van der Waals surface area contributed by atoms with Crippen molar-refractivity contribution in [3.05, 3.63) is 12.7 Å². The zero-order valence-corrected chi connectivity index (χ0v) is 12.5. The van der Waals surface area contributed by atoms with Gasteiger partial charge in [0.1, 0.15) is 0 Å².